The molecule has 1 aliphatic carbocycles. The highest BCUT2D eigenvalue weighted by molar-refractivity contribution is 6.48. The van der Waals surface area contributed by atoms with E-state index in [2.05, 4.69) is 33.9 Å². The number of hydrogen-bond acceptors (Lipinski definition) is 6. The molecule has 1 radical (unpaired) electrons. The Morgan fingerprint density at radius 3 is 2.31 bits per heavy atom. The molecule has 1 N–H and O–H groups in total. The number of aromatic nitrogens is 1. The Morgan fingerprint density at radius 1 is 1.14 bits per heavy atom. The molecule has 12 heteroatoms. The highest BCUT2D eigenvalue weighted by Crippen LogP contribution is 2.42. The molecular formula is C30H41F2N2O7Si. The molecule has 2 aromatic rings. The van der Waals surface area contributed by atoms with E-state index in [0.717, 1.165) is 6.07 Å². The van der Waals surface area contributed by atoms with Gasteiger partial charge in [-0.2, -0.15) is 4.39 Å². The summed E-state index contributed by atoms with van der Waals surface area (Å²) in [6, 6.07) is 0.000180. The van der Waals surface area contributed by atoms with E-state index < -0.39 is 61.1 Å². The number of pyridine rings is 1. The van der Waals surface area contributed by atoms with E-state index in [1.165, 1.54) is 10.8 Å². The number of rotatable bonds is 8. The average molecular weight is 608 g/mol. The van der Waals surface area contributed by atoms with Crippen molar-refractivity contribution in [3.63, 3.8) is 0 Å². The van der Waals surface area contributed by atoms with E-state index >= 15 is 4.39 Å². The number of nitrogens with zero attached hydrogens (tertiary/aromatic N) is 2. The van der Waals surface area contributed by atoms with Gasteiger partial charge < -0.3 is 28.5 Å². The van der Waals surface area contributed by atoms with Gasteiger partial charge in [0.05, 0.1) is 23.0 Å². The summed E-state index contributed by atoms with van der Waals surface area (Å²) in [5.74, 6) is -4.60. The quantitative estimate of drug-likeness (QED) is 0.367. The number of halogens is 2. The second-order valence-corrected chi connectivity index (χ2v) is 15.7. The summed E-state index contributed by atoms with van der Waals surface area (Å²) >= 11 is 0. The number of likely N-dealkylation sites (tertiary alicyclic amines) is 1. The van der Waals surface area contributed by atoms with Crippen molar-refractivity contribution in [2.24, 2.45) is 11.3 Å². The van der Waals surface area contributed by atoms with Gasteiger partial charge in [0, 0.05) is 24.7 Å². The lowest BCUT2D eigenvalue weighted by atomic mass is 9.80. The van der Waals surface area contributed by atoms with E-state index in [0.29, 0.717) is 25.8 Å². The van der Waals surface area contributed by atoms with Crippen molar-refractivity contribution in [3.8, 4) is 5.75 Å². The monoisotopic (exact) mass is 607 g/mol. The molecule has 1 unspecified atom stereocenters. The Labute approximate surface area is 246 Å². The van der Waals surface area contributed by atoms with Gasteiger partial charge in [-0.05, 0) is 64.6 Å². The predicted molar refractivity (Wildman–Crippen MR) is 155 cm³/mol. The Balaban J connectivity index is 1.74. The molecule has 0 bridgehead atoms. The second kappa shape index (κ2) is 11.6. The molecule has 1 aromatic heterocycles. The van der Waals surface area contributed by atoms with Crippen molar-refractivity contribution < 1.29 is 37.4 Å². The summed E-state index contributed by atoms with van der Waals surface area (Å²) in [5, 5.41) is 9.29. The second-order valence-electron chi connectivity index (χ2n) is 13.6. The van der Waals surface area contributed by atoms with Gasteiger partial charge in [0.1, 0.15) is 17.8 Å². The summed E-state index contributed by atoms with van der Waals surface area (Å²) in [5.41, 5.74) is -2.42. The highest BCUT2D eigenvalue weighted by atomic mass is 28.3. The maximum Gasteiger partial charge on any atom is 0.410 e. The van der Waals surface area contributed by atoms with E-state index in [1.54, 1.807) is 25.7 Å². The summed E-state index contributed by atoms with van der Waals surface area (Å²) in [7, 11) is -1.08. The third kappa shape index (κ3) is 6.80. The van der Waals surface area contributed by atoms with Crippen molar-refractivity contribution >= 4 is 32.0 Å². The Kier molecular flexibility index (Phi) is 8.81. The van der Waals surface area contributed by atoms with Crippen LogP contribution in [0.15, 0.2) is 17.1 Å². The van der Waals surface area contributed by atoms with Crippen LogP contribution < -0.4 is 10.2 Å². The fraction of sp³-hybridized carbons (Fsp3) is 0.633. The molecule has 231 valence electrons. The third-order valence-electron chi connectivity index (χ3n) is 7.48. The van der Waals surface area contributed by atoms with Crippen LogP contribution in [0.1, 0.15) is 77.2 Å². The Hall–Kier alpha value is -2.99. The van der Waals surface area contributed by atoms with Crippen LogP contribution in [0.25, 0.3) is 10.9 Å². The zero-order chi connectivity index (χ0) is 31.3. The molecule has 42 heavy (non-hydrogen) atoms. The normalized spacial score (nSPS) is 20.3. The minimum absolute atomic E-state index is 0.00451. The molecule has 1 aliphatic heterocycles. The van der Waals surface area contributed by atoms with Crippen LogP contribution in [0.2, 0.25) is 13.1 Å². The van der Waals surface area contributed by atoms with Crippen LogP contribution in [0.3, 0.4) is 0 Å². The fourth-order valence-electron chi connectivity index (χ4n) is 5.64. The first kappa shape index (κ1) is 31.9. The lowest BCUT2D eigenvalue weighted by Crippen LogP contribution is -2.43. The number of hydrogen-bond donors (Lipinski definition) is 1. The molecule has 2 heterocycles. The fourth-order valence-corrected chi connectivity index (χ4v) is 6.70. The molecule has 1 saturated heterocycles. The molecule has 2 aliphatic rings. The van der Waals surface area contributed by atoms with Crippen LogP contribution in [-0.2, 0) is 9.16 Å². The molecule has 1 aromatic carbocycles. The topological polar surface area (TPSA) is 107 Å². The van der Waals surface area contributed by atoms with Gasteiger partial charge in [-0.1, -0.05) is 20.8 Å². The van der Waals surface area contributed by atoms with Gasteiger partial charge in [-0.15, -0.1) is 0 Å². The molecular weight excluding hydrogens is 566 g/mol. The number of carboxylic acid groups (broad SMARTS) is 1. The largest absolute Gasteiger partial charge is 0.486 e. The van der Waals surface area contributed by atoms with Crippen LogP contribution in [0.4, 0.5) is 13.6 Å². The third-order valence-corrected chi connectivity index (χ3v) is 8.20. The first-order valence-corrected chi connectivity index (χ1v) is 16.7. The Morgan fingerprint density at radius 2 is 1.79 bits per heavy atom. The van der Waals surface area contributed by atoms with Gasteiger partial charge in [0.15, 0.2) is 11.6 Å². The zero-order valence-electron chi connectivity index (χ0n) is 25.5. The summed E-state index contributed by atoms with van der Waals surface area (Å²) in [4.78, 5) is 39.6. The van der Waals surface area contributed by atoms with E-state index in [-0.39, 0.29) is 41.0 Å². The lowest BCUT2D eigenvalue weighted by Gasteiger charge is -2.36. The van der Waals surface area contributed by atoms with E-state index in [9.17, 15) is 23.9 Å². The lowest BCUT2D eigenvalue weighted by molar-refractivity contribution is 0.0134. The summed E-state index contributed by atoms with van der Waals surface area (Å²) in [6.07, 6.45) is 2.32. The number of carboxylic acids is 1. The maximum absolute atomic E-state index is 15.4. The van der Waals surface area contributed by atoms with Gasteiger partial charge in [-0.25, -0.2) is 14.0 Å². The minimum Gasteiger partial charge on any atom is -0.486 e. The van der Waals surface area contributed by atoms with Crippen molar-refractivity contribution in [3.05, 3.63) is 39.7 Å². The van der Waals surface area contributed by atoms with E-state index in [4.69, 9.17) is 13.9 Å². The van der Waals surface area contributed by atoms with E-state index in [1.807, 2.05) is 0 Å². The number of fused-ring (bicyclic) bond motifs is 1. The molecule has 4 rings (SSSR count). The van der Waals surface area contributed by atoms with Crippen molar-refractivity contribution in [1.82, 2.24) is 9.47 Å². The molecule has 0 spiro atoms. The van der Waals surface area contributed by atoms with Crippen LogP contribution >= 0.6 is 0 Å². The van der Waals surface area contributed by atoms with Gasteiger partial charge in [-0.3, -0.25) is 4.79 Å². The molecule has 2 fully saturated rings. The minimum atomic E-state index is -1.45. The number of amides is 1. The van der Waals surface area contributed by atoms with Gasteiger partial charge >= 0.3 is 12.1 Å². The van der Waals surface area contributed by atoms with Gasteiger partial charge in [0.25, 0.3) is 0 Å². The average Bonchev–Trinajstić information content (AvgIpc) is 3.60. The number of ether oxygens (including phenoxy) is 2. The number of carbonyl (C=O) groups is 2. The summed E-state index contributed by atoms with van der Waals surface area (Å²) < 4.78 is 49.8. The molecule has 1 amide bonds. The van der Waals surface area contributed by atoms with Crippen molar-refractivity contribution in [2.45, 2.75) is 97.7 Å². The number of carbonyl (C=O) groups excluding carboxylic acids is 1. The number of aromatic carboxylic acids is 1. The highest BCUT2D eigenvalue weighted by Gasteiger charge is 2.45. The van der Waals surface area contributed by atoms with Crippen molar-refractivity contribution in [1.29, 1.82) is 0 Å². The first-order valence-electron chi connectivity index (χ1n) is 14.3. The first-order chi connectivity index (χ1) is 19.4. The number of benzene rings is 1. The Bertz CT molecular complexity index is 1430. The maximum atomic E-state index is 15.4. The van der Waals surface area contributed by atoms with Crippen molar-refractivity contribution in [2.75, 3.05) is 13.2 Å². The molecule has 3 atom stereocenters. The van der Waals surface area contributed by atoms with Gasteiger partial charge in [0.2, 0.25) is 20.3 Å². The van der Waals surface area contributed by atoms with Crippen LogP contribution in [-0.4, -0.2) is 66.6 Å². The zero-order valence-corrected chi connectivity index (χ0v) is 26.5. The molecule has 9 nitrogen and oxygen atoms in total. The van der Waals surface area contributed by atoms with Crippen LogP contribution in [0, 0.1) is 23.0 Å². The molecule has 1 saturated carbocycles. The SMILES string of the molecule is C[Si](C)OC([C@@H]1C[C@@H](COc2c(F)c(F)cc3c(=O)c(C(=O)O)cn(C4CC4)c23)N(C(=O)OC(C)(C)C)C1)C(C)(C)C. The summed E-state index contributed by atoms with van der Waals surface area (Å²) in [6.45, 7) is 15.8. The smallest absolute Gasteiger partial charge is 0.410 e. The standard InChI is InChI=1S/C30H41F2N2O7Si/c1-29(2,3)26(41-42(7)8)16-11-18(34(13-16)28(38)40-30(4,5)6)15-39-25-22(32)21(31)12-19-23(25)33(17-9-10-17)14-20(24(19)35)27(36)37/h12,14,16-18,26H,9-11,13,15H2,1-8H3,(H,36,37)/t16-,18+,26?/m1/s1. The van der Waals surface area contributed by atoms with Crippen LogP contribution in [0.5, 0.6) is 5.75 Å². The predicted octanol–water partition coefficient (Wildman–Crippen LogP) is 6.00.